The van der Waals surface area contributed by atoms with E-state index in [1.54, 1.807) is 20.8 Å². The van der Waals surface area contributed by atoms with E-state index in [9.17, 15) is 9.59 Å². The molecule has 0 radical (unpaired) electrons. The third-order valence-corrected chi connectivity index (χ3v) is 1.75. The van der Waals surface area contributed by atoms with Crippen molar-refractivity contribution in [3.8, 4) is 0 Å². The molecular formula is C10H12ClN3O4. The quantitative estimate of drug-likeness (QED) is 0.856. The number of aromatic carboxylic acids is 1. The normalized spacial score (nSPS) is 10.9. The van der Waals surface area contributed by atoms with Crippen LogP contribution in [0.5, 0.6) is 0 Å². The number of hydrogen-bond donors (Lipinski definition) is 2. The molecule has 1 amide bonds. The molecule has 0 spiro atoms. The van der Waals surface area contributed by atoms with E-state index in [1.807, 2.05) is 0 Å². The summed E-state index contributed by atoms with van der Waals surface area (Å²) in [5.74, 6) is -1.59. The second-order valence-electron chi connectivity index (χ2n) is 4.32. The smallest absolute Gasteiger partial charge is 0.413 e. The van der Waals surface area contributed by atoms with Gasteiger partial charge < -0.3 is 9.84 Å². The number of aromatic nitrogens is 2. The summed E-state index contributed by atoms with van der Waals surface area (Å²) >= 11 is 5.58. The summed E-state index contributed by atoms with van der Waals surface area (Å²) in [6.45, 7) is 5.02. The molecule has 0 bridgehead atoms. The Bertz CT molecular complexity index is 485. The van der Waals surface area contributed by atoms with Crippen molar-refractivity contribution < 1.29 is 19.4 Å². The van der Waals surface area contributed by atoms with Crippen LogP contribution in [0.4, 0.5) is 10.6 Å². The molecule has 1 heterocycles. The molecule has 0 unspecified atom stereocenters. The number of nitrogens with zero attached hydrogens (tertiary/aromatic N) is 2. The topological polar surface area (TPSA) is 101 Å². The van der Waals surface area contributed by atoms with E-state index in [2.05, 4.69) is 15.3 Å². The van der Waals surface area contributed by atoms with Gasteiger partial charge in [0.2, 0.25) is 0 Å². The van der Waals surface area contributed by atoms with Crippen molar-refractivity contribution in [2.24, 2.45) is 0 Å². The molecule has 18 heavy (non-hydrogen) atoms. The number of hydrogen-bond acceptors (Lipinski definition) is 5. The van der Waals surface area contributed by atoms with Crippen molar-refractivity contribution in [2.75, 3.05) is 5.32 Å². The van der Waals surface area contributed by atoms with Crippen LogP contribution in [0.15, 0.2) is 6.20 Å². The maximum absolute atomic E-state index is 11.5. The molecule has 98 valence electrons. The minimum atomic E-state index is -1.33. The average Bonchev–Trinajstić information content (AvgIpc) is 2.13. The van der Waals surface area contributed by atoms with Gasteiger partial charge in [-0.15, -0.1) is 0 Å². The van der Waals surface area contributed by atoms with E-state index in [4.69, 9.17) is 21.4 Å². The highest BCUT2D eigenvalue weighted by Crippen LogP contribution is 2.15. The third-order valence-electron chi connectivity index (χ3n) is 1.57. The van der Waals surface area contributed by atoms with Crippen LogP contribution in [-0.4, -0.2) is 32.7 Å². The molecule has 7 nitrogen and oxygen atoms in total. The van der Waals surface area contributed by atoms with Crippen molar-refractivity contribution in [1.82, 2.24) is 9.97 Å². The molecule has 0 atom stereocenters. The SMILES string of the molecule is CC(C)(C)OC(=O)Nc1nc(Cl)cnc1C(=O)O. The number of ether oxygens (including phenoxy) is 1. The molecule has 0 saturated carbocycles. The lowest BCUT2D eigenvalue weighted by atomic mass is 10.2. The third kappa shape index (κ3) is 4.17. The second kappa shape index (κ2) is 5.18. The Morgan fingerprint density at radius 3 is 2.56 bits per heavy atom. The van der Waals surface area contributed by atoms with Crippen molar-refractivity contribution in [3.63, 3.8) is 0 Å². The molecular weight excluding hydrogens is 262 g/mol. The van der Waals surface area contributed by atoms with Crippen LogP contribution < -0.4 is 5.32 Å². The molecule has 0 aliphatic heterocycles. The Hall–Kier alpha value is -1.89. The van der Waals surface area contributed by atoms with Crippen LogP contribution >= 0.6 is 11.6 Å². The molecule has 0 aromatic carbocycles. The minimum absolute atomic E-state index is 0.0361. The number of carboxylic acid groups (broad SMARTS) is 1. The van der Waals surface area contributed by atoms with E-state index >= 15 is 0 Å². The number of rotatable bonds is 2. The van der Waals surface area contributed by atoms with Crippen molar-refractivity contribution in [1.29, 1.82) is 0 Å². The largest absolute Gasteiger partial charge is 0.476 e. The summed E-state index contributed by atoms with van der Waals surface area (Å²) < 4.78 is 4.96. The standard InChI is InChI=1S/C10H12ClN3O4/c1-10(2,3)18-9(17)14-7-6(8(15)16)12-4-5(11)13-7/h4H,1-3H3,(H,15,16)(H,13,14,17). The van der Waals surface area contributed by atoms with Gasteiger partial charge in [-0.3, -0.25) is 5.32 Å². The Labute approximate surface area is 108 Å². The van der Waals surface area contributed by atoms with E-state index in [-0.39, 0.29) is 11.0 Å². The molecule has 1 rings (SSSR count). The average molecular weight is 274 g/mol. The van der Waals surface area contributed by atoms with E-state index in [0.29, 0.717) is 0 Å². The monoisotopic (exact) mass is 273 g/mol. The Morgan fingerprint density at radius 1 is 1.44 bits per heavy atom. The molecule has 8 heteroatoms. The maximum Gasteiger partial charge on any atom is 0.413 e. The van der Waals surface area contributed by atoms with Crippen molar-refractivity contribution >= 4 is 29.5 Å². The number of carbonyl (C=O) groups excluding carboxylic acids is 1. The maximum atomic E-state index is 11.5. The number of carbonyl (C=O) groups is 2. The fourth-order valence-corrected chi connectivity index (χ4v) is 1.14. The van der Waals surface area contributed by atoms with Gasteiger partial charge in [-0.25, -0.2) is 19.6 Å². The fraction of sp³-hybridized carbons (Fsp3) is 0.400. The molecule has 0 aliphatic carbocycles. The first-order valence-corrected chi connectivity index (χ1v) is 5.32. The lowest BCUT2D eigenvalue weighted by molar-refractivity contribution is 0.0635. The lowest BCUT2D eigenvalue weighted by Crippen LogP contribution is -2.28. The number of anilines is 1. The molecule has 0 fully saturated rings. The molecule has 2 N–H and O–H groups in total. The van der Waals surface area contributed by atoms with Gasteiger partial charge in [0.15, 0.2) is 11.5 Å². The van der Waals surface area contributed by atoms with Gasteiger partial charge >= 0.3 is 12.1 Å². The molecule has 0 saturated heterocycles. The number of amides is 1. The van der Waals surface area contributed by atoms with E-state index in [0.717, 1.165) is 6.20 Å². The van der Waals surface area contributed by atoms with Crippen LogP contribution in [0.25, 0.3) is 0 Å². The zero-order valence-corrected chi connectivity index (χ0v) is 10.8. The van der Waals surface area contributed by atoms with Crippen LogP contribution in [0.3, 0.4) is 0 Å². The Kier molecular flexibility index (Phi) is 4.07. The summed E-state index contributed by atoms with van der Waals surface area (Å²) in [5, 5.41) is 11.0. The molecule has 1 aromatic rings. The van der Waals surface area contributed by atoms with Gasteiger partial charge in [0.25, 0.3) is 0 Å². The predicted octanol–water partition coefficient (Wildman–Crippen LogP) is 2.18. The van der Waals surface area contributed by atoms with Gasteiger partial charge in [-0.2, -0.15) is 0 Å². The first-order valence-electron chi connectivity index (χ1n) is 4.95. The summed E-state index contributed by atoms with van der Waals surface area (Å²) in [7, 11) is 0. The molecule has 0 aliphatic rings. The van der Waals surface area contributed by atoms with Gasteiger partial charge in [0, 0.05) is 0 Å². The lowest BCUT2D eigenvalue weighted by Gasteiger charge is -2.19. The van der Waals surface area contributed by atoms with Crippen LogP contribution in [0.1, 0.15) is 31.3 Å². The van der Waals surface area contributed by atoms with Crippen LogP contribution in [0.2, 0.25) is 5.15 Å². The summed E-state index contributed by atoms with van der Waals surface area (Å²) in [6.07, 6.45) is 0.243. The highest BCUT2D eigenvalue weighted by Gasteiger charge is 2.20. The van der Waals surface area contributed by atoms with E-state index in [1.165, 1.54) is 0 Å². The first-order chi connectivity index (χ1) is 8.19. The first kappa shape index (κ1) is 14.2. The van der Waals surface area contributed by atoms with Gasteiger partial charge in [-0.1, -0.05) is 11.6 Å². The zero-order valence-electron chi connectivity index (χ0n) is 10.0. The van der Waals surface area contributed by atoms with E-state index < -0.39 is 23.4 Å². The van der Waals surface area contributed by atoms with Crippen LogP contribution in [-0.2, 0) is 4.74 Å². The zero-order chi connectivity index (χ0) is 13.9. The number of nitrogens with one attached hydrogen (secondary N) is 1. The van der Waals surface area contributed by atoms with Gasteiger partial charge in [0.1, 0.15) is 10.8 Å². The molecule has 1 aromatic heterocycles. The predicted molar refractivity (Wildman–Crippen MR) is 63.9 cm³/mol. The summed E-state index contributed by atoms with van der Waals surface area (Å²) in [5.41, 5.74) is -1.12. The fourth-order valence-electron chi connectivity index (χ4n) is 1.01. The van der Waals surface area contributed by atoms with Crippen molar-refractivity contribution in [3.05, 3.63) is 17.0 Å². The number of carboxylic acids is 1. The summed E-state index contributed by atoms with van der Waals surface area (Å²) in [6, 6.07) is 0. The highest BCUT2D eigenvalue weighted by atomic mass is 35.5. The van der Waals surface area contributed by atoms with Crippen LogP contribution in [0, 0.1) is 0 Å². The second-order valence-corrected chi connectivity index (χ2v) is 4.71. The number of halogens is 1. The van der Waals surface area contributed by atoms with Gasteiger partial charge in [0.05, 0.1) is 6.20 Å². The Balaban J connectivity index is 2.93. The summed E-state index contributed by atoms with van der Waals surface area (Å²) in [4.78, 5) is 29.6. The van der Waals surface area contributed by atoms with Gasteiger partial charge in [-0.05, 0) is 20.8 Å². The highest BCUT2D eigenvalue weighted by molar-refractivity contribution is 6.29. The van der Waals surface area contributed by atoms with Crippen molar-refractivity contribution in [2.45, 2.75) is 26.4 Å². The Morgan fingerprint density at radius 2 is 2.06 bits per heavy atom. The minimum Gasteiger partial charge on any atom is -0.476 e.